The Kier molecular flexibility index (Phi) is 4.20. The standard InChI is InChI=1S/C20H21N3O3/c24-18(23(26)13-17-3-1-2-9-21-17)15-5-4-14-6-7-20(12-16(14)11-15)8-10-22-19(20)25/h1-5,9,11,26H,6-8,10,12-13H2,(H,22,25)/t20-/m0/s1. The van der Waals surface area contributed by atoms with Gasteiger partial charge in [-0.15, -0.1) is 0 Å². The molecular weight excluding hydrogens is 330 g/mol. The lowest BCUT2D eigenvalue weighted by atomic mass is 9.70. The molecule has 1 aliphatic carbocycles. The van der Waals surface area contributed by atoms with Crippen molar-refractivity contribution in [2.75, 3.05) is 6.54 Å². The molecule has 0 unspecified atom stereocenters. The van der Waals surface area contributed by atoms with Crippen molar-refractivity contribution >= 4 is 11.8 Å². The molecule has 1 aromatic heterocycles. The zero-order valence-electron chi connectivity index (χ0n) is 14.4. The molecule has 1 aromatic carbocycles. The van der Waals surface area contributed by atoms with Crippen LogP contribution < -0.4 is 5.32 Å². The van der Waals surface area contributed by atoms with Crippen LogP contribution >= 0.6 is 0 Å². The lowest BCUT2D eigenvalue weighted by molar-refractivity contribution is -0.128. The van der Waals surface area contributed by atoms with E-state index in [1.54, 1.807) is 24.4 Å². The molecule has 2 amide bonds. The number of aromatic nitrogens is 1. The first-order valence-corrected chi connectivity index (χ1v) is 8.88. The maximum absolute atomic E-state index is 12.6. The van der Waals surface area contributed by atoms with Crippen LogP contribution in [0.5, 0.6) is 0 Å². The second kappa shape index (κ2) is 6.53. The summed E-state index contributed by atoms with van der Waals surface area (Å²) in [6.07, 6.45) is 4.81. The predicted octanol–water partition coefficient (Wildman–Crippen LogP) is 2.11. The lowest BCUT2D eigenvalue weighted by Gasteiger charge is -2.32. The number of hydroxylamine groups is 2. The van der Waals surface area contributed by atoms with Crippen molar-refractivity contribution in [3.63, 3.8) is 0 Å². The maximum atomic E-state index is 12.6. The Balaban J connectivity index is 1.54. The molecule has 2 N–H and O–H groups in total. The highest BCUT2D eigenvalue weighted by molar-refractivity contribution is 5.94. The number of rotatable bonds is 3. The third-order valence-corrected chi connectivity index (χ3v) is 5.50. The Morgan fingerprint density at radius 3 is 2.85 bits per heavy atom. The molecular formula is C20H21N3O3. The first kappa shape index (κ1) is 16.7. The Morgan fingerprint density at radius 1 is 1.23 bits per heavy atom. The molecule has 0 bridgehead atoms. The van der Waals surface area contributed by atoms with Gasteiger partial charge in [-0.25, -0.2) is 5.06 Å². The van der Waals surface area contributed by atoms with Gasteiger partial charge in [-0.2, -0.15) is 0 Å². The number of carbonyl (C=O) groups excluding carboxylic acids is 2. The number of nitrogens with zero attached hydrogens (tertiary/aromatic N) is 2. The Hall–Kier alpha value is -2.73. The minimum absolute atomic E-state index is 0.0309. The third kappa shape index (κ3) is 2.97. The minimum atomic E-state index is -0.464. The van der Waals surface area contributed by atoms with Crippen molar-refractivity contribution < 1.29 is 14.8 Å². The van der Waals surface area contributed by atoms with Crippen molar-refractivity contribution in [1.29, 1.82) is 0 Å². The fraction of sp³-hybridized carbons (Fsp3) is 0.350. The van der Waals surface area contributed by atoms with Crippen molar-refractivity contribution in [1.82, 2.24) is 15.4 Å². The smallest absolute Gasteiger partial charge is 0.277 e. The van der Waals surface area contributed by atoms with E-state index in [0.29, 0.717) is 22.7 Å². The Morgan fingerprint density at radius 2 is 2.12 bits per heavy atom. The molecule has 0 saturated carbocycles. The van der Waals surface area contributed by atoms with Gasteiger partial charge in [-0.05, 0) is 61.1 Å². The lowest BCUT2D eigenvalue weighted by Crippen LogP contribution is -2.36. The third-order valence-electron chi connectivity index (χ3n) is 5.50. The van der Waals surface area contributed by atoms with Crippen molar-refractivity contribution in [2.45, 2.75) is 32.2 Å². The zero-order valence-corrected chi connectivity index (χ0v) is 14.4. The molecule has 1 fully saturated rings. The van der Waals surface area contributed by atoms with Gasteiger partial charge in [0.1, 0.15) is 0 Å². The number of pyridine rings is 1. The maximum Gasteiger partial charge on any atom is 0.277 e. The molecule has 2 aromatic rings. The van der Waals surface area contributed by atoms with Gasteiger partial charge in [0.2, 0.25) is 5.91 Å². The van der Waals surface area contributed by atoms with Crippen LogP contribution in [0.25, 0.3) is 0 Å². The normalized spacial score (nSPS) is 21.3. The van der Waals surface area contributed by atoms with Gasteiger partial charge in [0, 0.05) is 18.3 Å². The summed E-state index contributed by atoms with van der Waals surface area (Å²) in [7, 11) is 0. The average molecular weight is 351 g/mol. The van der Waals surface area contributed by atoms with Gasteiger partial charge in [0.15, 0.2) is 0 Å². The van der Waals surface area contributed by atoms with Gasteiger partial charge < -0.3 is 5.32 Å². The summed E-state index contributed by atoms with van der Waals surface area (Å²) < 4.78 is 0. The minimum Gasteiger partial charge on any atom is -0.356 e. The van der Waals surface area contributed by atoms with E-state index in [-0.39, 0.29) is 17.9 Å². The fourth-order valence-corrected chi connectivity index (χ4v) is 3.98. The van der Waals surface area contributed by atoms with E-state index in [9.17, 15) is 14.8 Å². The molecule has 2 aliphatic rings. The SMILES string of the molecule is O=C(c1ccc2c(c1)C[C@@]1(CCNC1=O)CC2)N(O)Cc1ccccn1. The van der Waals surface area contributed by atoms with E-state index < -0.39 is 5.91 Å². The van der Waals surface area contributed by atoms with Crippen molar-refractivity contribution in [3.8, 4) is 0 Å². The summed E-state index contributed by atoms with van der Waals surface area (Å²) in [6, 6.07) is 10.9. The van der Waals surface area contributed by atoms with Gasteiger partial charge in [0.25, 0.3) is 5.91 Å². The van der Waals surface area contributed by atoms with Gasteiger partial charge >= 0.3 is 0 Å². The van der Waals surface area contributed by atoms with Crippen molar-refractivity contribution in [2.24, 2.45) is 5.41 Å². The highest BCUT2D eigenvalue weighted by atomic mass is 16.5. The molecule has 1 aliphatic heterocycles. The van der Waals surface area contributed by atoms with Crippen LogP contribution in [-0.2, 0) is 24.2 Å². The monoisotopic (exact) mass is 351 g/mol. The number of amides is 2. The molecule has 2 heterocycles. The molecule has 0 radical (unpaired) electrons. The number of hydrogen-bond donors (Lipinski definition) is 2. The Labute approximate surface area is 151 Å². The zero-order chi connectivity index (χ0) is 18.1. The number of carbonyl (C=O) groups is 2. The molecule has 6 nitrogen and oxygen atoms in total. The van der Waals surface area contributed by atoms with Crippen LogP contribution in [0.15, 0.2) is 42.6 Å². The Bertz CT molecular complexity index is 853. The molecule has 1 saturated heterocycles. The summed E-state index contributed by atoms with van der Waals surface area (Å²) in [5, 5.41) is 13.8. The largest absolute Gasteiger partial charge is 0.356 e. The number of hydrogen-bond acceptors (Lipinski definition) is 4. The summed E-state index contributed by atoms with van der Waals surface area (Å²) in [5.41, 5.74) is 2.92. The van der Waals surface area contributed by atoms with E-state index in [4.69, 9.17) is 0 Å². The second-order valence-corrected chi connectivity index (χ2v) is 7.13. The number of fused-ring (bicyclic) bond motifs is 1. The highest BCUT2D eigenvalue weighted by Crippen LogP contribution is 2.41. The van der Waals surface area contributed by atoms with Crippen LogP contribution in [0.1, 0.15) is 40.0 Å². The van der Waals surface area contributed by atoms with E-state index in [1.807, 2.05) is 18.2 Å². The first-order chi connectivity index (χ1) is 12.6. The van der Waals surface area contributed by atoms with Crippen LogP contribution in [0.3, 0.4) is 0 Å². The number of nitrogens with one attached hydrogen (secondary N) is 1. The topological polar surface area (TPSA) is 82.5 Å². The molecule has 6 heteroatoms. The van der Waals surface area contributed by atoms with E-state index in [1.165, 1.54) is 5.56 Å². The van der Waals surface area contributed by atoms with Gasteiger partial charge in [-0.1, -0.05) is 12.1 Å². The number of aryl methyl sites for hydroxylation is 1. The molecule has 4 rings (SSSR count). The fourth-order valence-electron chi connectivity index (χ4n) is 3.98. The summed E-state index contributed by atoms with van der Waals surface area (Å²) >= 11 is 0. The molecule has 1 atom stereocenters. The highest BCUT2D eigenvalue weighted by Gasteiger charge is 2.44. The van der Waals surface area contributed by atoms with Crippen LogP contribution in [0, 0.1) is 5.41 Å². The van der Waals surface area contributed by atoms with Gasteiger partial charge in [0.05, 0.1) is 17.7 Å². The quantitative estimate of drug-likeness (QED) is 0.655. The second-order valence-electron chi connectivity index (χ2n) is 7.13. The summed E-state index contributed by atoms with van der Waals surface area (Å²) in [6.45, 7) is 0.754. The van der Waals surface area contributed by atoms with Gasteiger partial charge in [-0.3, -0.25) is 19.8 Å². The van der Waals surface area contributed by atoms with Crippen LogP contribution in [0.2, 0.25) is 0 Å². The molecule has 1 spiro atoms. The summed E-state index contributed by atoms with van der Waals surface area (Å²) in [5.74, 6) is -0.340. The number of benzene rings is 1. The summed E-state index contributed by atoms with van der Waals surface area (Å²) in [4.78, 5) is 29.0. The van der Waals surface area contributed by atoms with Crippen LogP contribution in [0.4, 0.5) is 0 Å². The van der Waals surface area contributed by atoms with E-state index >= 15 is 0 Å². The van der Waals surface area contributed by atoms with Crippen molar-refractivity contribution in [3.05, 3.63) is 65.0 Å². The molecule has 134 valence electrons. The predicted molar refractivity (Wildman–Crippen MR) is 94.4 cm³/mol. The van der Waals surface area contributed by atoms with Crippen LogP contribution in [-0.4, -0.2) is 33.6 Å². The van der Waals surface area contributed by atoms with E-state index in [0.717, 1.165) is 31.4 Å². The van der Waals surface area contributed by atoms with E-state index in [2.05, 4.69) is 10.3 Å². The molecule has 26 heavy (non-hydrogen) atoms. The average Bonchev–Trinajstić information content (AvgIpc) is 3.01. The first-order valence-electron chi connectivity index (χ1n) is 8.88.